The van der Waals surface area contributed by atoms with Gasteiger partial charge < -0.3 is 0 Å². The zero-order valence-corrected chi connectivity index (χ0v) is 16.2. The lowest BCUT2D eigenvalue weighted by Gasteiger charge is -2.26. The normalized spacial score (nSPS) is 16.6. The highest BCUT2D eigenvalue weighted by Crippen LogP contribution is 2.28. The SMILES string of the molecule is CC1=NN(C)c2nc3c(c(=O)n(Cc4ccccc4Cl)c(=O)n3C)n2C1C. The van der Waals surface area contributed by atoms with Crippen LogP contribution in [0.1, 0.15) is 25.5 Å². The fourth-order valence-electron chi connectivity index (χ4n) is 3.41. The van der Waals surface area contributed by atoms with Crippen LogP contribution in [-0.4, -0.2) is 31.4 Å². The maximum absolute atomic E-state index is 13.3. The first-order valence-electron chi connectivity index (χ1n) is 8.55. The minimum atomic E-state index is -0.434. The molecule has 8 nitrogen and oxygen atoms in total. The first kappa shape index (κ1) is 17.5. The topological polar surface area (TPSA) is 77.4 Å². The average Bonchev–Trinajstić information content (AvgIpc) is 3.04. The number of aromatic nitrogens is 4. The van der Waals surface area contributed by atoms with Gasteiger partial charge >= 0.3 is 5.69 Å². The Bertz CT molecular complexity index is 1220. The summed E-state index contributed by atoms with van der Waals surface area (Å²) >= 11 is 6.23. The van der Waals surface area contributed by atoms with E-state index in [1.54, 1.807) is 31.2 Å². The van der Waals surface area contributed by atoms with Crippen LogP contribution in [0.3, 0.4) is 0 Å². The van der Waals surface area contributed by atoms with Crippen LogP contribution in [0.4, 0.5) is 5.95 Å². The maximum Gasteiger partial charge on any atom is 0.332 e. The van der Waals surface area contributed by atoms with Gasteiger partial charge in [-0.3, -0.25) is 18.5 Å². The summed E-state index contributed by atoms with van der Waals surface area (Å²) in [7, 11) is 3.39. The van der Waals surface area contributed by atoms with Crippen molar-refractivity contribution in [2.24, 2.45) is 12.1 Å². The van der Waals surface area contributed by atoms with Crippen LogP contribution in [0, 0.1) is 0 Å². The standard InChI is InChI=1S/C18H19ClN6O2/c1-10-11(2)25-14-15(20-17(25)23(4)21-10)22(3)18(27)24(16(14)26)9-12-7-5-6-8-13(12)19/h5-8,11H,9H2,1-4H3. The lowest BCUT2D eigenvalue weighted by Crippen LogP contribution is -2.40. The zero-order valence-electron chi connectivity index (χ0n) is 15.5. The molecule has 0 fully saturated rings. The van der Waals surface area contributed by atoms with E-state index in [0.717, 1.165) is 5.71 Å². The summed E-state index contributed by atoms with van der Waals surface area (Å²) in [6.07, 6.45) is 0. The van der Waals surface area contributed by atoms with Gasteiger partial charge in [0.2, 0.25) is 5.95 Å². The van der Waals surface area contributed by atoms with E-state index in [2.05, 4.69) is 10.1 Å². The molecule has 0 saturated carbocycles. The Balaban J connectivity index is 2.03. The average molecular weight is 387 g/mol. The third-order valence-corrected chi connectivity index (χ3v) is 5.40. The van der Waals surface area contributed by atoms with Gasteiger partial charge in [0.25, 0.3) is 5.56 Å². The number of fused-ring (bicyclic) bond motifs is 3. The summed E-state index contributed by atoms with van der Waals surface area (Å²) in [4.78, 5) is 30.7. The second-order valence-corrected chi connectivity index (χ2v) is 7.13. The number of anilines is 1. The van der Waals surface area contributed by atoms with E-state index >= 15 is 0 Å². The molecule has 0 spiro atoms. The largest absolute Gasteiger partial charge is 0.332 e. The molecule has 0 saturated heterocycles. The molecule has 3 aromatic rings. The number of benzene rings is 1. The second-order valence-electron chi connectivity index (χ2n) is 6.72. The van der Waals surface area contributed by atoms with Crippen LogP contribution in [0.2, 0.25) is 5.02 Å². The molecular formula is C18H19ClN6O2. The summed E-state index contributed by atoms with van der Waals surface area (Å²) in [5.41, 5.74) is 1.47. The third kappa shape index (κ3) is 2.51. The fourth-order valence-corrected chi connectivity index (χ4v) is 3.61. The van der Waals surface area contributed by atoms with E-state index in [1.165, 1.54) is 9.13 Å². The van der Waals surface area contributed by atoms with Gasteiger partial charge in [-0.15, -0.1) is 0 Å². The van der Waals surface area contributed by atoms with Crippen LogP contribution in [-0.2, 0) is 13.6 Å². The van der Waals surface area contributed by atoms with Gasteiger partial charge in [0.1, 0.15) is 0 Å². The molecule has 27 heavy (non-hydrogen) atoms. The number of halogens is 1. The highest BCUT2D eigenvalue weighted by atomic mass is 35.5. The monoisotopic (exact) mass is 386 g/mol. The van der Waals surface area contributed by atoms with Crippen molar-refractivity contribution >= 4 is 34.4 Å². The van der Waals surface area contributed by atoms with Crippen LogP contribution in [0.5, 0.6) is 0 Å². The van der Waals surface area contributed by atoms with Crippen LogP contribution in [0.15, 0.2) is 39.0 Å². The molecule has 9 heteroatoms. The summed E-state index contributed by atoms with van der Waals surface area (Å²) in [6.45, 7) is 3.96. The summed E-state index contributed by atoms with van der Waals surface area (Å²) < 4.78 is 4.43. The lowest BCUT2D eigenvalue weighted by molar-refractivity contribution is 0.638. The van der Waals surface area contributed by atoms with Crippen LogP contribution in [0.25, 0.3) is 11.2 Å². The number of aryl methyl sites for hydroxylation is 1. The van der Waals surface area contributed by atoms with E-state index < -0.39 is 5.69 Å². The highest BCUT2D eigenvalue weighted by molar-refractivity contribution is 6.31. The molecule has 1 aromatic carbocycles. The van der Waals surface area contributed by atoms with Gasteiger partial charge in [0, 0.05) is 19.1 Å². The van der Waals surface area contributed by atoms with Gasteiger partial charge in [-0.2, -0.15) is 10.1 Å². The molecule has 1 aliphatic rings. The first-order valence-corrected chi connectivity index (χ1v) is 8.93. The summed E-state index contributed by atoms with van der Waals surface area (Å²) in [5, 5.41) is 6.57. The number of nitrogens with zero attached hydrogens (tertiary/aromatic N) is 6. The van der Waals surface area contributed by atoms with Gasteiger partial charge in [0.05, 0.1) is 18.3 Å². The van der Waals surface area contributed by atoms with Crippen molar-refractivity contribution in [3.8, 4) is 0 Å². The molecule has 4 rings (SSSR count). The molecule has 1 atom stereocenters. The predicted octanol–water partition coefficient (Wildman–Crippen LogP) is 1.99. The molecule has 0 aliphatic carbocycles. The van der Waals surface area contributed by atoms with E-state index in [1.807, 2.05) is 30.5 Å². The maximum atomic E-state index is 13.3. The zero-order chi connectivity index (χ0) is 19.5. The van der Waals surface area contributed by atoms with Crippen molar-refractivity contribution in [2.45, 2.75) is 26.4 Å². The number of imidazole rings is 1. The van der Waals surface area contributed by atoms with Crippen molar-refractivity contribution in [1.82, 2.24) is 18.7 Å². The molecule has 0 radical (unpaired) electrons. The van der Waals surface area contributed by atoms with Gasteiger partial charge in [-0.25, -0.2) is 9.80 Å². The second kappa shape index (κ2) is 6.09. The van der Waals surface area contributed by atoms with Crippen molar-refractivity contribution in [3.05, 3.63) is 55.7 Å². The van der Waals surface area contributed by atoms with Crippen molar-refractivity contribution in [2.75, 3.05) is 12.1 Å². The molecular weight excluding hydrogens is 368 g/mol. The Morgan fingerprint density at radius 3 is 2.59 bits per heavy atom. The van der Waals surface area contributed by atoms with Crippen molar-refractivity contribution in [1.29, 1.82) is 0 Å². The quantitative estimate of drug-likeness (QED) is 0.674. The Kier molecular flexibility index (Phi) is 3.96. The molecule has 3 heterocycles. The third-order valence-electron chi connectivity index (χ3n) is 5.03. The minimum absolute atomic E-state index is 0.0962. The van der Waals surface area contributed by atoms with Crippen LogP contribution >= 0.6 is 11.6 Å². The van der Waals surface area contributed by atoms with Gasteiger partial charge in [-0.1, -0.05) is 29.8 Å². The summed E-state index contributed by atoms with van der Waals surface area (Å²) in [6, 6.07) is 7.04. The first-order chi connectivity index (χ1) is 12.8. The summed E-state index contributed by atoms with van der Waals surface area (Å²) in [5.74, 6) is 0.533. The van der Waals surface area contributed by atoms with E-state index in [-0.39, 0.29) is 18.1 Å². The Morgan fingerprint density at radius 2 is 1.89 bits per heavy atom. The number of hydrogen-bond acceptors (Lipinski definition) is 5. The number of rotatable bonds is 2. The molecule has 1 unspecified atom stereocenters. The molecule has 140 valence electrons. The smallest absolute Gasteiger partial charge is 0.294 e. The number of hydrogen-bond donors (Lipinski definition) is 0. The van der Waals surface area contributed by atoms with Gasteiger partial charge in [0.15, 0.2) is 11.2 Å². The van der Waals surface area contributed by atoms with Crippen LogP contribution < -0.4 is 16.3 Å². The van der Waals surface area contributed by atoms with E-state index in [0.29, 0.717) is 27.7 Å². The highest BCUT2D eigenvalue weighted by Gasteiger charge is 2.29. The molecule has 0 bridgehead atoms. The van der Waals surface area contributed by atoms with E-state index in [9.17, 15) is 9.59 Å². The molecule has 0 N–H and O–H groups in total. The van der Waals surface area contributed by atoms with Crippen molar-refractivity contribution < 1.29 is 0 Å². The number of hydrazone groups is 1. The Morgan fingerprint density at radius 1 is 1.19 bits per heavy atom. The van der Waals surface area contributed by atoms with Crippen molar-refractivity contribution in [3.63, 3.8) is 0 Å². The predicted molar refractivity (Wildman–Crippen MR) is 106 cm³/mol. The molecule has 0 amide bonds. The minimum Gasteiger partial charge on any atom is -0.294 e. The van der Waals surface area contributed by atoms with E-state index in [4.69, 9.17) is 11.6 Å². The Labute approximate surface area is 159 Å². The molecule has 1 aliphatic heterocycles. The fraction of sp³-hybridized carbons (Fsp3) is 0.333. The lowest BCUT2D eigenvalue weighted by atomic mass is 10.2. The molecule has 2 aromatic heterocycles. The van der Waals surface area contributed by atoms with Gasteiger partial charge in [-0.05, 0) is 25.5 Å². The Hall–Kier alpha value is -2.87.